The monoisotopic (exact) mass is 416 g/mol. The number of oxazole rings is 1. The summed E-state index contributed by atoms with van der Waals surface area (Å²) < 4.78 is 6.26. The topological polar surface area (TPSA) is 110 Å². The Morgan fingerprint density at radius 1 is 1.27 bits per heavy atom. The van der Waals surface area contributed by atoms with Crippen molar-refractivity contribution in [3.8, 4) is 0 Å². The molecule has 0 spiro atoms. The van der Waals surface area contributed by atoms with Crippen LogP contribution in [0, 0.1) is 6.92 Å². The number of urea groups is 1. The number of benzene rings is 2. The highest BCUT2D eigenvalue weighted by molar-refractivity contribution is 9.10. The molecule has 0 bridgehead atoms. The summed E-state index contributed by atoms with van der Waals surface area (Å²) in [6.45, 7) is 1.76. The highest BCUT2D eigenvalue weighted by Gasteiger charge is 2.18. The van der Waals surface area contributed by atoms with Crippen molar-refractivity contribution >= 4 is 44.7 Å². The fourth-order valence-corrected chi connectivity index (χ4v) is 3.08. The molecule has 0 radical (unpaired) electrons. The predicted molar refractivity (Wildman–Crippen MR) is 102 cm³/mol. The Kier molecular flexibility index (Phi) is 5.22. The van der Waals surface area contributed by atoms with E-state index in [1.165, 1.54) is 0 Å². The van der Waals surface area contributed by atoms with E-state index in [4.69, 9.17) is 10.2 Å². The number of carbonyl (C=O) groups is 2. The average Bonchev–Trinajstić information content (AvgIpc) is 2.93. The quantitative estimate of drug-likeness (QED) is 0.589. The Labute approximate surface area is 158 Å². The first-order valence-electron chi connectivity index (χ1n) is 7.89. The number of carbonyl (C=O) groups excluding carboxylic acids is 2. The molecule has 2 aromatic carbocycles. The number of nitrogens with zero attached hydrogens (tertiary/aromatic N) is 1. The van der Waals surface area contributed by atoms with Crippen LogP contribution < -0.4 is 16.4 Å². The molecule has 8 heteroatoms. The van der Waals surface area contributed by atoms with Crippen molar-refractivity contribution in [3.05, 3.63) is 58.4 Å². The van der Waals surface area contributed by atoms with Gasteiger partial charge in [-0.15, -0.1) is 0 Å². The van der Waals surface area contributed by atoms with E-state index in [1.807, 2.05) is 24.3 Å². The molecule has 4 N–H and O–H groups in total. The average molecular weight is 417 g/mol. The number of aromatic nitrogens is 1. The third-order valence-electron chi connectivity index (χ3n) is 3.74. The molecule has 0 saturated heterocycles. The lowest BCUT2D eigenvalue weighted by Crippen LogP contribution is -2.35. The summed E-state index contributed by atoms with van der Waals surface area (Å²) in [6.07, 6.45) is 0.0370. The highest BCUT2D eigenvalue weighted by Crippen LogP contribution is 2.23. The third-order valence-corrected chi connectivity index (χ3v) is 4.23. The molecule has 7 nitrogen and oxygen atoms in total. The van der Waals surface area contributed by atoms with Crippen molar-refractivity contribution < 1.29 is 14.0 Å². The van der Waals surface area contributed by atoms with Gasteiger partial charge in [0, 0.05) is 17.1 Å². The minimum absolute atomic E-state index is 0.0370. The number of halogens is 1. The lowest BCUT2D eigenvalue weighted by molar-refractivity contribution is -0.116. The summed E-state index contributed by atoms with van der Waals surface area (Å²) in [7, 11) is 0. The van der Waals surface area contributed by atoms with E-state index >= 15 is 0 Å². The van der Waals surface area contributed by atoms with Crippen LogP contribution in [0.2, 0.25) is 0 Å². The lowest BCUT2D eigenvalue weighted by atomic mass is 10.0. The first-order chi connectivity index (χ1) is 12.4. The van der Waals surface area contributed by atoms with Gasteiger partial charge in [-0.3, -0.25) is 4.79 Å². The fraction of sp³-hybridized carbons (Fsp3) is 0.167. The molecule has 0 aliphatic heterocycles. The summed E-state index contributed by atoms with van der Waals surface area (Å²) in [5.41, 5.74) is 7.94. The molecule has 0 saturated carbocycles. The number of rotatable bonds is 5. The maximum atomic E-state index is 12.4. The Morgan fingerprint density at radius 2 is 2.08 bits per heavy atom. The number of nitrogens with two attached hydrogens (primary N) is 1. The van der Waals surface area contributed by atoms with Crippen molar-refractivity contribution in [2.75, 3.05) is 5.32 Å². The molecule has 134 valence electrons. The van der Waals surface area contributed by atoms with Gasteiger partial charge in [0.1, 0.15) is 5.52 Å². The number of hydrogen-bond donors (Lipinski definition) is 3. The van der Waals surface area contributed by atoms with Crippen molar-refractivity contribution in [2.24, 2.45) is 5.73 Å². The van der Waals surface area contributed by atoms with Crippen LogP contribution in [-0.4, -0.2) is 16.9 Å². The van der Waals surface area contributed by atoms with E-state index in [2.05, 4.69) is 31.5 Å². The first-order valence-corrected chi connectivity index (χ1v) is 8.68. The molecule has 1 heterocycles. The zero-order chi connectivity index (χ0) is 18.7. The van der Waals surface area contributed by atoms with Crippen molar-refractivity contribution in [2.45, 2.75) is 19.4 Å². The van der Waals surface area contributed by atoms with Crippen LogP contribution in [0.1, 0.15) is 23.9 Å². The molecule has 0 fully saturated rings. The number of primary amides is 1. The van der Waals surface area contributed by atoms with Gasteiger partial charge in [0.2, 0.25) is 5.91 Å². The summed E-state index contributed by atoms with van der Waals surface area (Å²) in [5, 5.41) is 5.41. The summed E-state index contributed by atoms with van der Waals surface area (Å²) in [6, 6.07) is 11.3. The second-order valence-electron chi connectivity index (χ2n) is 5.78. The molecular formula is C18H17BrN4O3. The Morgan fingerprint density at radius 3 is 2.81 bits per heavy atom. The maximum absolute atomic E-state index is 12.4. The molecule has 3 amide bonds. The van der Waals surface area contributed by atoms with E-state index in [1.54, 1.807) is 25.1 Å². The van der Waals surface area contributed by atoms with Crippen LogP contribution in [0.3, 0.4) is 0 Å². The third kappa shape index (κ3) is 4.40. The summed E-state index contributed by atoms with van der Waals surface area (Å²) in [5.74, 6) is 0.298. The number of aryl methyl sites for hydroxylation is 1. The molecule has 3 aromatic rings. The highest BCUT2D eigenvalue weighted by atomic mass is 79.9. The summed E-state index contributed by atoms with van der Waals surface area (Å²) in [4.78, 5) is 28.0. The Bertz CT molecular complexity index is 970. The van der Waals surface area contributed by atoms with Crippen molar-refractivity contribution in [1.29, 1.82) is 0 Å². The maximum Gasteiger partial charge on any atom is 0.312 e. The van der Waals surface area contributed by atoms with Gasteiger partial charge < -0.3 is 20.8 Å². The van der Waals surface area contributed by atoms with Gasteiger partial charge in [-0.05, 0) is 35.9 Å². The number of amides is 3. The second kappa shape index (κ2) is 7.57. The molecule has 0 aliphatic carbocycles. The minimum atomic E-state index is -0.692. The molecular weight excluding hydrogens is 400 g/mol. The number of nitrogens with one attached hydrogen (secondary N) is 2. The minimum Gasteiger partial charge on any atom is -0.441 e. The van der Waals surface area contributed by atoms with Gasteiger partial charge >= 0.3 is 6.03 Å². The standard InChI is InChI=1S/C18H17BrN4O3/c1-10-21-15-8-13(5-6-16(15)26-10)22-17(24)9-14(23-18(20)25)11-3-2-4-12(19)7-11/h2-8,14H,9H2,1H3,(H,22,24)(H3,20,23,25)/t14-/m1/s1. The van der Waals surface area contributed by atoms with Crippen LogP contribution >= 0.6 is 15.9 Å². The molecule has 1 atom stereocenters. The van der Waals surface area contributed by atoms with Gasteiger partial charge in [0.25, 0.3) is 0 Å². The van der Waals surface area contributed by atoms with Gasteiger partial charge in [0.15, 0.2) is 11.5 Å². The van der Waals surface area contributed by atoms with E-state index in [0.717, 1.165) is 10.0 Å². The number of hydrogen-bond acceptors (Lipinski definition) is 4. The van der Waals surface area contributed by atoms with Crippen molar-refractivity contribution in [3.63, 3.8) is 0 Å². The van der Waals surface area contributed by atoms with Gasteiger partial charge in [-0.25, -0.2) is 9.78 Å². The molecule has 1 aromatic heterocycles. The number of fused-ring (bicyclic) bond motifs is 1. The fourth-order valence-electron chi connectivity index (χ4n) is 2.67. The first kappa shape index (κ1) is 17.9. The van der Waals surface area contributed by atoms with Crippen molar-refractivity contribution in [1.82, 2.24) is 10.3 Å². The smallest absolute Gasteiger partial charge is 0.312 e. The molecule has 0 unspecified atom stereocenters. The lowest BCUT2D eigenvalue weighted by Gasteiger charge is -2.18. The van der Waals surface area contributed by atoms with Gasteiger partial charge in [-0.2, -0.15) is 0 Å². The second-order valence-corrected chi connectivity index (χ2v) is 6.70. The zero-order valence-electron chi connectivity index (χ0n) is 14.0. The van der Waals surface area contributed by atoms with E-state index in [9.17, 15) is 9.59 Å². The van der Waals surface area contributed by atoms with Crippen LogP contribution in [0.4, 0.5) is 10.5 Å². The van der Waals surface area contributed by atoms with E-state index in [0.29, 0.717) is 22.7 Å². The van der Waals surface area contributed by atoms with Gasteiger partial charge in [0.05, 0.1) is 12.5 Å². The van der Waals surface area contributed by atoms with Crippen LogP contribution in [-0.2, 0) is 4.79 Å². The Balaban J connectivity index is 1.74. The molecule has 0 aliphatic rings. The van der Waals surface area contributed by atoms with Crippen LogP contribution in [0.15, 0.2) is 51.4 Å². The van der Waals surface area contributed by atoms with E-state index in [-0.39, 0.29) is 12.3 Å². The molecule has 3 rings (SSSR count). The largest absolute Gasteiger partial charge is 0.441 e. The Hall–Kier alpha value is -2.87. The SMILES string of the molecule is Cc1nc2cc(NC(=O)C[C@@H](NC(N)=O)c3cccc(Br)c3)ccc2o1. The molecule has 26 heavy (non-hydrogen) atoms. The summed E-state index contributed by atoms with van der Waals surface area (Å²) >= 11 is 3.38. The van der Waals surface area contributed by atoms with Crippen LogP contribution in [0.25, 0.3) is 11.1 Å². The normalized spacial score (nSPS) is 11.9. The van der Waals surface area contributed by atoms with Gasteiger partial charge in [-0.1, -0.05) is 28.1 Å². The number of anilines is 1. The van der Waals surface area contributed by atoms with Crippen LogP contribution in [0.5, 0.6) is 0 Å². The zero-order valence-corrected chi connectivity index (χ0v) is 15.5. The predicted octanol–water partition coefficient (Wildman–Crippen LogP) is 3.64. The van der Waals surface area contributed by atoms with E-state index < -0.39 is 12.1 Å².